The predicted molar refractivity (Wildman–Crippen MR) is 77.7 cm³/mol. The van der Waals surface area contributed by atoms with Crippen molar-refractivity contribution in [2.45, 2.75) is 20.4 Å². The van der Waals surface area contributed by atoms with Crippen molar-refractivity contribution in [3.05, 3.63) is 41.4 Å². The standard InChI is InChI=1S/C15H20N4O/c1-12-4-3-5-15(16-12)19-8-6-18(7-9-19)11-14-10-13(2)20-17-14/h3-5,10H,6-9,11H2,1-2H3. The molecule has 0 spiro atoms. The second-order valence-corrected chi connectivity index (χ2v) is 5.33. The van der Waals surface area contributed by atoms with E-state index in [0.29, 0.717) is 0 Å². The molecule has 20 heavy (non-hydrogen) atoms. The van der Waals surface area contributed by atoms with Gasteiger partial charge < -0.3 is 9.42 Å². The highest BCUT2D eigenvalue weighted by Gasteiger charge is 2.19. The molecule has 5 heteroatoms. The Morgan fingerprint density at radius 2 is 1.95 bits per heavy atom. The highest BCUT2D eigenvalue weighted by molar-refractivity contribution is 5.39. The molecule has 0 saturated carbocycles. The quantitative estimate of drug-likeness (QED) is 0.855. The SMILES string of the molecule is Cc1cccc(N2CCN(Cc3cc(C)on3)CC2)n1. The largest absolute Gasteiger partial charge is 0.361 e. The van der Waals surface area contributed by atoms with Crippen molar-refractivity contribution in [1.29, 1.82) is 0 Å². The Bertz CT molecular complexity index is 573. The van der Waals surface area contributed by atoms with Crippen molar-refractivity contribution in [1.82, 2.24) is 15.0 Å². The van der Waals surface area contributed by atoms with Gasteiger partial charge in [-0.05, 0) is 26.0 Å². The smallest absolute Gasteiger partial charge is 0.133 e. The van der Waals surface area contributed by atoms with Gasteiger partial charge in [0.15, 0.2) is 0 Å². The maximum Gasteiger partial charge on any atom is 0.133 e. The summed E-state index contributed by atoms with van der Waals surface area (Å²) in [6.45, 7) is 8.90. The summed E-state index contributed by atoms with van der Waals surface area (Å²) in [5, 5.41) is 4.06. The Labute approximate surface area is 119 Å². The van der Waals surface area contributed by atoms with Gasteiger partial charge in [-0.25, -0.2) is 4.98 Å². The second kappa shape index (κ2) is 5.63. The first-order valence-electron chi connectivity index (χ1n) is 7.04. The Hall–Kier alpha value is -1.88. The van der Waals surface area contributed by atoms with Crippen molar-refractivity contribution >= 4 is 5.82 Å². The molecule has 1 fully saturated rings. The van der Waals surface area contributed by atoms with Gasteiger partial charge in [-0.3, -0.25) is 4.90 Å². The molecule has 2 aromatic rings. The summed E-state index contributed by atoms with van der Waals surface area (Å²) in [4.78, 5) is 9.34. The monoisotopic (exact) mass is 272 g/mol. The van der Waals surface area contributed by atoms with E-state index in [1.165, 1.54) is 0 Å². The number of aromatic nitrogens is 2. The Kier molecular flexibility index (Phi) is 3.69. The minimum atomic E-state index is 0.867. The van der Waals surface area contributed by atoms with Crippen LogP contribution in [0.3, 0.4) is 0 Å². The Morgan fingerprint density at radius 1 is 1.15 bits per heavy atom. The molecule has 3 heterocycles. The normalized spacial score (nSPS) is 16.6. The summed E-state index contributed by atoms with van der Waals surface area (Å²) in [6.07, 6.45) is 0. The fourth-order valence-electron chi connectivity index (χ4n) is 2.56. The fraction of sp³-hybridized carbons (Fsp3) is 0.467. The summed E-state index contributed by atoms with van der Waals surface area (Å²) in [6, 6.07) is 8.20. The number of hydrogen-bond acceptors (Lipinski definition) is 5. The lowest BCUT2D eigenvalue weighted by Gasteiger charge is -2.35. The molecular formula is C15H20N4O. The van der Waals surface area contributed by atoms with Gasteiger partial charge in [0, 0.05) is 44.5 Å². The molecule has 0 bridgehead atoms. The highest BCUT2D eigenvalue weighted by atomic mass is 16.5. The number of pyridine rings is 1. The molecule has 106 valence electrons. The van der Waals surface area contributed by atoms with E-state index in [1.54, 1.807) is 0 Å². The molecule has 0 atom stereocenters. The molecule has 0 aliphatic carbocycles. The molecule has 0 radical (unpaired) electrons. The molecule has 3 rings (SSSR count). The van der Waals surface area contributed by atoms with Crippen molar-refractivity contribution in [2.75, 3.05) is 31.1 Å². The maximum absolute atomic E-state index is 5.11. The van der Waals surface area contributed by atoms with E-state index in [9.17, 15) is 0 Å². The molecule has 0 unspecified atom stereocenters. The number of anilines is 1. The highest BCUT2D eigenvalue weighted by Crippen LogP contribution is 2.15. The molecule has 1 saturated heterocycles. The minimum Gasteiger partial charge on any atom is -0.361 e. The number of hydrogen-bond donors (Lipinski definition) is 0. The topological polar surface area (TPSA) is 45.4 Å². The van der Waals surface area contributed by atoms with E-state index in [2.05, 4.69) is 32.1 Å². The third-order valence-corrected chi connectivity index (χ3v) is 3.63. The van der Waals surface area contributed by atoms with Gasteiger partial charge in [0.05, 0.1) is 5.69 Å². The number of piperazine rings is 1. The lowest BCUT2D eigenvalue weighted by Crippen LogP contribution is -2.46. The molecule has 1 aliphatic rings. The zero-order chi connectivity index (χ0) is 13.9. The molecule has 5 nitrogen and oxygen atoms in total. The van der Waals surface area contributed by atoms with Gasteiger partial charge in [-0.1, -0.05) is 11.2 Å². The first kappa shape index (κ1) is 13.1. The van der Waals surface area contributed by atoms with Crippen LogP contribution in [0.5, 0.6) is 0 Å². The maximum atomic E-state index is 5.11. The third kappa shape index (κ3) is 2.99. The van der Waals surface area contributed by atoms with Crippen molar-refractivity contribution in [2.24, 2.45) is 0 Å². The summed E-state index contributed by atoms with van der Waals surface area (Å²) < 4.78 is 5.11. The van der Waals surface area contributed by atoms with E-state index in [4.69, 9.17) is 4.52 Å². The third-order valence-electron chi connectivity index (χ3n) is 3.63. The lowest BCUT2D eigenvalue weighted by molar-refractivity contribution is 0.241. The van der Waals surface area contributed by atoms with Gasteiger partial charge in [0.2, 0.25) is 0 Å². The zero-order valence-electron chi connectivity index (χ0n) is 12.0. The number of nitrogens with zero attached hydrogens (tertiary/aromatic N) is 4. The van der Waals surface area contributed by atoms with E-state index in [0.717, 1.165) is 55.7 Å². The van der Waals surface area contributed by atoms with Crippen LogP contribution in [0.4, 0.5) is 5.82 Å². The van der Waals surface area contributed by atoms with Gasteiger partial charge in [-0.2, -0.15) is 0 Å². The molecule has 0 N–H and O–H groups in total. The summed E-state index contributed by atoms with van der Waals surface area (Å²) in [5.74, 6) is 1.96. The first-order valence-corrected chi connectivity index (χ1v) is 7.04. The number of aryl methyl sites for hydroxylation is 2. The minimum absolute atomic E-state index is 0.867. The van der Waals surface area contributed by atoms with E-state index in [1.807, 2.05) is 26.0 Å². The molecule has 0 amide bonds. The van der Waals surface area contributed by atoms with Gasteiger partial charge in [0.25, 0.3) is 0 Å². The van der Waals surface area contributed by atoms with Gasteiger partial charge in [0.1, 0.15) is 11.6 Å². The van der Waals surface area contributed by atoms with E-state index in [-0.39, 0.29) is 0 Å². The van der Waals surface area contributed by atoms with Crippen LogP contribution in [0.25, 0.3) is 0 Å². The molecule has 0 aromatic carbocycles. The fourth-order valence-corrected chi connectivity index (χ4v) is 2.56. The van der Waals surface area contributed by atoms with Gasteiger partial charge >= 0.3 is 0 Å². The van der Waals surface area contributed by atoms with Crippen LogP contribution in [0.1, 0.15) is 17.1 Å². The average molecular weight is 272 g/mol. The van der Waals surface area contributed by atoms with Crippen molar-refractivity contribution in [3.8, 4) is 0 Å². The van der Waals surface area contributed by atoms with Crippen LogP contribution >= 0.6 is 0 Å². The molecule has 2 aromatic heterocycles. The van der Waals surface area contributed by atoms with E-state index >= 15 is 0 Å². The molecule has 1 aliphatic heterocycles. The second-order valence-electron chi connectivity index (χ2n) is 5.33. The molecular weight excluding hydrogens is 252 g/mol. The van der Waals surface area contributed by atoms with Crippen molar-refractivity contribution < 1.29 is 4.52 Å². The van der Waals surface area contributed by atoms with Crippen LogP contribution in [0, 0.1) is 13.8 Å². The zero-order valence-corrected chi connectivity index (χ0v) is 12.0. The predicted octanol–water partition coefficient (Wildman–Crippen LogP) is 2.01. The van der Waals surface area contributed by atoms with Crippen LogP contribution < -0.4 is 4.90 Å². The lowest BCUT2D eigenvalue weighted by atomic mass is 10.2. The Morgan fingerprint density at radius 3 is 2.60 bits per heavy atom. The first-order chi connectivity index (χ1) is 9.70. The van der Waals surface area contributed by atoms with Crippen LogP contribution in [0.15, 0.2) is 28.8 Å². The summed E-state index contributed by atoms with van der Waals surface area (Å²) >= 11 is 0. The van der Waals surface area contributed by atoms with Crippen LogP contribution in [-0.2, 0) is 6.54 Å². The van der Waals surface area contributed by atoms with Crippen LogP contribution in [0.2, 0.25) is 0 Å². The number of rotatable bonds is 3. The van der Waals surface area contributed by atoms with Crippen LogP contribution in [-0.4, -0.2) is 41.2 Å². The van der Waals surface area contributed by atoms with Crippen molar-refractivity contribution in [3.63, 3.8) is 0 Å². The van der Waals surface area contributed by atoms with Gasteiger partial charge in [-0.15, -0.1) is 0 Å². The van der Waals surface area contributed by atoms with E-state index < -0.39 is 0 Å². The summed E-state index contributed by atoms with van der Waals surface area (Å²) in [5.41, 5.74) is 2.09. The average Bonchev–Trinajstić information content (AvgIpc) is 2.85. The Balaban J connectivity index is 1.57. The summed E-state index contributed by atoms with van der Waals surface area (Å²) in [7, 11) is 0.